The lowest BCUT2D eigenvalue weighted by Crippen LogP contribution is -2.41. The first-order valence-corrected chi connectivity index (χ1v) is 9.00. The summed E-state index contributed by atoms with van der Waals surface area (Å²) >= 11 is 0. The summed E-state index contributed by atoms with van der Waals surface area (Å²) in [5, 5.41) is 3.56. The smallest absolute Gasteiger partial charge is 0.248 e. The zero-order chi connectivity index (χ0) is 17.4. The lowest BCUT2D eigenvalue weighted by molar-refractivity contribution is -0.119. The van der Waals surface area contributed by atoms with Crippen LogP contribution in [0.1, 0.15) is 43.5 Å². The Morgan fingerprint density at radius 2 is 1.88 bits per heavy atom. The van der Waals surface area contributed by atoms with E-state index in [-0.39, 0.29) is 29.6 Å². The highest BCUT2D eigenvalue weighted by Gasteiger charge is 2.39. The van der Waals surface area contributed by atoms with Gasteiger partial charge >= 0.3 is 0 Å². The monoisotopic (exact) mass is 337 g/mol. The van der Waals surface area contributed by atoms with Crippen LogP contribution in [0.4, 0.5) is 5.69 Å². The predicted molar refractivity (Wildman–Crippen MR) is 97.7 cm³/mol. The quantitative estimate of drug-likeness (QED) is 0.904. The minimum atomic E-state index is -0.182. The summed E-state index contributed by atoms with van der Waals surface area (Å²) in [6, 6.07) is 13.4. The van der Waals surface area contributed by atoms with E-state index in [0.29, 0.717) is 0 Å². The average Bonchev–Trinajstić information content (AvgIpc) is 2.89. The summed E-state index contributed by atoms with van der Waals surface area (Å²) in [6.07, 6.45) is 3.70. The number of hydrogen-bond acceptors (Lipinski definition) is 3. The third-order valence-corrected chi connectivity index (χ3v) is 5.32. The van der Waals surface area contributed by atoms with E-state index in [1.165, 1.54) is 0 Å². The van der Waals surface area contributed by atoms with Crippen molar-refractivity contribution in [3.05, 3.63) is 64.1 Å². The Morgan fingerprint density at radius 3 is 2.68 bits per heavy atom. The van der Waals surface area contributed by atoms with Gasteiger partial charge < -0.3 is 9.88 Å². The number of anilines is 1. The number of carbonyl (C=O) groups excluding carboxylic acids is 1. The predicted octanol–water partition coefficient (Wildman–Crippen LogP) is 2.54. The van der Waals surface area contributed by atoms with Crippen molar-refractivity contribution in [2.24, 2.45) is 0 Å². The number of H-pyrrole nitrogens is 1. The number of benzene rings is 1. The van der Waals surface area contributed by atoms with Crippen LogP contribution in [0, 0.1) is 0 Å². The van der Waals surface area contributed by atoms with E-state index in [0.717, 1.165) is 42.6 Å². The summed E-state index contributed by atoms with van der Waals surface area (Å²) in [6.45, 7) is 2.10. The maximum Gasteiger partial charge on any atom is 0.248 e. The summed E-state index contributed by atoms with van der Waals surface area (Å²) in [5.74, 6) is 0.134. The first kappa shape index (κ1) is 16.1. The van der Waals surface area contributed by atoms with E-state index in [2.05, 4.69) is 17.2 Å². The average molecular weight is 337 g/mol. The fourth-order valence-electron chi connectivity index (χ4n) is 4.16. The molecule has 130 valence electrons. The second-order valence-corrected chi connectivity index (χ2v) is 7.05. The molecule has 0 saturated carbocycles. The molecule has 1 aliphatic carbocycles. The Kier molecular flexibility index (Phi) is 4.17. The highest BCUT2D eigenvalue weighted by atomic mass is 16.2. The van der Waals surface area contributed by atoms with Crippen LogP contribution in [0.3, 0.4) is 0 Å². The molecule has 3 atom stereocenters. The van der Waals surface area contributed by atoms with Crippen molar-refractivity contribution in [1.29, 1.82) is 0 Å². The molecular formula is C20H23N3O2. The molecule has 0 bridgehead atoms. The third kappa shape index (κ3) is 3.00. The molecule has 2 heterocycles. The van der Waals surface area contributed by atoms with Gasteiger partial charge in [-0.2, -0.15) is 0 Å². The third-order valence-electron chi connectivity index (χ3n) is 5.32. The van der Waals surface area contributed by atoms with E-state index >= 15 is 0 Å². The second-order valence-electron chi connectivity index (χ2n) is 7.05. The Morgan fingerprint density at radius 1 is 1.08 bits per heavy atom. The van der Waals surface area contributed by atoms with Gasteiger partial charge in [-0.05, 0) is 50.3 Å². The number of aryl methyl sites for hydroxylation is 1. The van der Waals surface area contributed by atoms with Gasteiger partial charge in [0, 0.05) is 29.5 Å². The van der Waals surface area contributed by atoms with Crippen LogP contribution in [0.5, 0.6) is 0 Å². The number of para-hydroxylation sites is 1. The van der Waals surface area contributed by atoms with Gasteiger partial charge in [-0.25, -0.2) is 0 Å². The molecule has 4 rings (SSSR count). The summed E-state index contributed by atoms with van der Waals surface area (Å²) in [5.41, 5.74) is 3.04. The van der Waals surface area contributed by atoms with E-state index in [4.69, 9.17) is 0 Å². The van der Waals surface area contributed by atoms with E-state index < -0.39 is 0 Å². The molecule has 0 unspecified atom stereocenters. The van der Waals surface area contributed by atoms with Gasteiger partial charge in [-0.15, -0.1) is 0 Å². The van der Waals surface area contributed by atoms with Gasteiger partial charge in [0.15, 0.2) is 0 Å². The Hall–Kier alpha value is -2.40. The fraction of sp³-hybridized carbons (Fsp3) is 0.400. The summed E-state index contributed by atoms with van der Waals surface area (Å²) in [7, 11) is 0. The van der Waals surface area contributed by atoms with Gasteiger partial charge in [0.2, 0.25) is 11.5 Å². The molecule has 5 nitrogen and oxygen atoms in total. The fourth-order valence-corrected chi connectivity index (χ4v) is 4.16. The highest BCUT2D eigenvalue weighted by Crippen LogP contribution is 2.32. The molecule has 1 amide bonds. The minimum absolute atomic E-state index is 0.0554. The molecule has 5 heteroatoms. The first-order valence-electron chi connectivity index (χ1n) is 9.00. The van der Waals surface area contributed by atoms with Crippen molar-refractivity contribution in [3.63, 3.8) is 0 Å². The lowest BCUT2D eigenvalue weighted by atomic mass is 9.90. The molecule has 0 spiro atoms. The highest BCUT2D eigenvalue weighted by molar-refractivity contribution is 6.00. The number of hydrogen-bond donors (Lipinski definition) is 2. The minimum Gasteiger partial charge on any atom is -0.326 e. The van der Waals surface area contributed by atoms with Crippen LogP contribution in [0.15, 0.2) is 47.3 Å². The zero-order valence-electron chi connectivity index (χ0n) is 14.4. The molecule has 1 saturated heterocycles. The Balaban J connectivity index is 1.55. The molecule has 1 fully saturated rings. The zero-order valence-corrected chi connectivity index (χ0v) is 14.4. The largest absolute Gasteiger partial charge is 0.326 e. The van der Waals surface area contributed by atoms with E-state index in [1.54, 1.807) is 6.07 Å². The second kappa shape index (κ2) is 6.48. The van der Waals surface area contributed by atoms with Gasteiger partial charge in [0.05, 0.1) is 6.04 Å². The van der Waals surface area contributed by atoms with Crippen molar-refractivity contribution in [2.45, 2.75) is 50.7 Å². The molecule has 2 N–H and O–H groups in total. The van der Waals surface area contributed by atoms with Gasteiger partial charge in [-0.1, -0.05) is 24.3 Å². The molecule has 1 aromatic heterocycles. The molecular weight excluding hydrogens is 314 g/mol. The van der Waals surface area contributed by atoms with Gasteiger partial charge in [0.1, 0.15) is 0 Å². The summed E-state index contributed by atoms with van der Waals surface area (Å²) < 4.78 is 0. The number of nitrogens with zero attached hydrogens (tertiary/aromatic N) is 1. The topological polar surface area (TPSA) is 65.2 Å². The maximum absolute atomic E-state index is 13.0. The van der Waals surface area contributed by atoms with E-state index in [1.807, 2.05) is 41.3 Å². The molecule has 1 aliphatic heterocycles. The van der Waals surface area contributed by atoms with Crippen molar-refractivity contribution in [2.75, 3.05) is 4.90 Å². The molecule has 2 aromatic rings. The number of fused-ring (bicyclic) bond motifs is 1. The lowest BCUT2D eigenvalue weighted by Gasteiger charge is -2.28. The van der Waals surface area contributed by atoms with Crippen LogP contribution in [-0.4, -0.2) is 23.0 Å². The molecule has 1 aromatic carbocycles. The number of aromatic amines is 1. The maximum atomic E-state index is 13.0. The van der Waals surface area contributed by atoms with Crippen LogP contribution in [0.2, 0.25) is 0 Å². The molecule has 25 heavy (non-hydrogen) atoms. The van der Waals surface area contributed by atoms with Crippen LogP contribution in [-0.2, 0) is 11.2 Å². The number of nitrogens with one attached hydrogen (secondary N) is 2. The molecule has 0 radical (unpaired) electrons. The Labute approximate surface area is 147 Å². The number of amides is 1. The summed E-state index contributed by atoms with van der Waals surface area (Å²) in [4.78, 5) is 29.4. The standard InChI is InChI=1S/C20H23N3O2/c1-13-12-18(20(25)23(13)14-6-3-2-4-7-14)21-16-8-5-9-17-15(16)10-11-19(24)22-17/h2-4,6-7,10-11,13,16,18,21H,5,8-9,12H2,1H3,(H,22,24)/t13-,16+,18+/m1/s1. The van der Waals surface area contributed by atoms with Crippen molar-refractivity contribution >= 4 is 11.6 Å². The normalized spacial score (nSPS) is 25.9. The first-order chi connectivity index (χ1) is 12.1. The molecule has 2 aliphatic rings. The van der Waals surface area contributed by atoms with Crippen molar-refractivity contribution < 1.29 is 4.79 Å². The van der Waals surface area contributed by atoms with Crippen molar-refractivity contribution in [1.82, 2.24) is 10.3 Å². The number of pyridine rings is 1. The van der Waals surface area contributed by atoms with E-state index in [9.17, 15) is 9.59 Å². The Bertz CT molecular complexity index is 830. The van der Waals surface area contributed by atoms with Crippen LogP contribution < -0.4 is 15.8 Å². The number of carbonyl (C=O) groups is 1. The SMILES string of the molecule is C[C@@H]1C[C@H](N[C@H]2CCCc3[nH]c(=O)ccc32)C(=O)N1c1ccccc1. The van der Waals surface area contributed by atoms with Gasteiger partial charge in [-0.3, -0.25) is 14.9 Å². The van der Waals surface area contributed by atoms with Crippen LogP contribution >= 0.6 is 0 Å². The number of rotatable bonds is 3. The van der Waals surface area contributed by atoms with Crippen LogP contribution in [0.25, 0.3) is 0 Å². The van der Waals surface area contributed by atoms with Crippen molar-refractivity contribution in [3.8, 4) is 0 Å². The van der Waals surface area contributed by atoms with Gasteiger partial charge in [0.25, 0.3) is 0 Å². The number of aromatic nitrogens is 1.